The van der Waals surface area contributed by atoms with Gasteiger partial charge in [-0.15, -0.1) is 0 Å². The van der Waals surface area contributed by atoms with Crippen molar-refractivity contribution in [2.24, 2.45) is 5.92 Å². The molecule has 1 rings (SSSR count). The summed E-state index contributed by atoms with van der Waals surface area (Å²) in [6, 6.07) is 7.48. The van der Waals surface area contributed by atoms with Gasteiger partial charge in [-0.1, -0.05) is 42.3 Å². The fraction of sp³-hybridized carbons (Fsp3) is 0.500. The molecular weight excluding hydrogens is 294 g/mol. The maximum atomic E-state index is 11.9. The zero-order valence-electron chi connectivity index (χ0n) is 11.1. The molecule has 100 valence electrons. The van der Waals surface area contributed by atoms with Gasteiger partial charge in [-0.3, -0.25) is 0 Å². The van der Waals surface area contributed by atoms with Gasteiger partial charge in [-0.05, 0) is 31.0 Å². The highest BCUT2D eigenvalue weighted by Crippen LogP contribution is 2.20. The third kappa shape index (κ3) is 4.33. The van der Waals surface area contributed by atoms with Gasteiger partial charge < -0.3 is 10.1 Å². The molecule has 4 heteroatoms. The highest BCUT2D eigenvalue weighted by molar-refractivity contribution is 9.10. The van der Waals surface area contributed by atoms with Crippen LogP contribution < -0.4 is 5.32 Å². The lowest BCUT2D eigenvalue weighted by atomic mass is 9.99. The number of hydrogen-bond donors (Lipinski definition) is 1. The molecule has 1 N–H and O–H groups in total. The minimum atomic E-state index is -0.302. The summed E-state index contributed by atoms with van der Waals surface area (Å²) in [6.45, 7) is 6.35. The monoisotopic (exact) mass is 313 g/mol. The van der Waals surface area contributed by atoms with Crippen LogP contribution in [-0.4, -0.2) is 18.6 Å². The molecule has 0 aliphatic heterocycles. The standard InChI is InChI=1S/C14H20BrNO2/c1-4-10(3)13(14(17)18-5-2)16-12-8-6-7-11(15)9-12/h6-10,13,16H,4-5H2,1-3H3. The molecule has 0 heterocycles. The van der Waals surface area contributed by atoms with Gasteiger partial charge in [0.1, 0.15) is 6.04 Å². The van der Waals surface area contributed by atoms with Gasteiger partial charge in [-0.2, -0.15) is 0 Å². The highest BCUT2D eigenvalue weighted by atomic mass is 79.9. The molecule has 0 radical (unpaired) electrons. The van der Waals surface area contributed by atoms with Gasteiger partial charge >= 0.3 is 5.97 Å². The van der Waals surface area contributed by atoms with E-state index in [0.717, 1.165) is 16.6 Å². The van der Waals surface area contributed by atoms with Gasteiger partial charge in [0.15, 0.2) is 0 Å². The summed E-state index contributed by atoms with van der Waals surface area (Å²) < 4.78 is 6.10. The SMILES string of the molecule is CCOC(=O)C(Nc1cccc(Br)c1)C(C)CC. The third-order valence-corrected chi connectivity index (χ3v) is 3.39. The minimum absolute atomic E-state index is 0.188. The molecule has 0 aromatic heterocycles. The second kappa shape index (κ2) is 7.41. The highest BCUT2D eigenvalue weighted by Gasteiger charge is 2.25. The normalized spacial score (nSPS) is 13.8. The molecule has 3 nitrogen and oxygen atoms in total. The molecule has 1 aromatic carbocycles. The molecule has 0 fully saturated rings. The lowest BCUT2D eigenvalue weighted by Gasteiger charge is -2.23. The smallest absolute Gasteiger partial charge is 0.328 e. The number of benzene rings is 1. The van der Waals surface area contributed by atoms with Crippen LogP contribution in [0.1, 0.15) is 27.2 Å². The van der Waals surface area contributed by atoms with E-state index in [1.165, 1.54) is 0 Å². The van der Waals surface area contributed by atoms with E-state index >= 15 is 0 Å². The van der Waals surface area contributed by atoms with Crippen LogP contribution in [0.5, 0.6) is 0 Å². The van der Waals surface area contributed by atoms with Crippen molar-refractivity contribution < 1.29 is 9.53 Å². The predicted octanol–water partition coefficient (Wildman–Crippen LogP) is 3.84. The summed E-state index contributed by atoms with van der Waals surface area (Å²) in [5.74, 6) is 0.0369. The van der Waals surface area contributed by atoms with E-state index in [4.69, 9.17) is 4.74 Å². The van der Waals surface area contributed by atoms with Crippen molar-refractivity contribution in [1.29, 1.82) is 0 Å². The minimum Gasteiger partial charge on any atom is -0.464 e. The average Bonchev–Trinajstić information content (AvgIpc) is 2.35. The van der Waals surface area contributed by atoms with Gasteiger partial charge in [0.2, 0.25) is 0 Å². The maximum absolute atomic E-state index is 11.9. The molecule has 0 saturated heterocycles. The van der Waals surface area contributed by atoms with Crippen molar-refractivity contribution in [2.75, 3.05) is 11.9 Å². The molecule has 0 amide bonds. The van der Waals surface area contributed by atoms with E-state index in [1.807, 2.05) is 38.1 Å². The number of esters is 1. The van der Waals surface area contributed by atoms with E-state index in [1.54, 1.807) is 0 Å². The van der Waals surface area contributed by atoms with Crippen LogP contribution in [0.4, 0.5) is 5.69 Å². The molecule has 1 aromatic rings. The van der Waals surface area contributed by atoms with E-state index in [0.29, 0.717) is 6.61 Å². The molecular formula is C14H20BrNO2. The van der Waals surface area contributed by atoms with Crippen molar-refractivity contribution in [2.45, 2.75) is 33.2 Å². The van der Waals surface area contributed by atoms with Crippen LogP contribution in [0, 0.1) is 5.92 Å². The molecule has 0 saturated carbocycles. The van der Waals surface area contributed by atoms with E-state index in [-0.39, 0.29) is 17.9 Å². The number of rotatable bonds is 6. The fourth-order valence-corrected chi connectivity index (χ4v) is 2.06. The summed E-state index contributed by atoms with van der Waals surface area (Å²) in [4.78, 5) is 11.9. The number of carbonyl (C=O) groups is 1. The number of nitrogens with one attached hydrogen (secondary N) is 1. The van der Waals surface area contributed by atoms with Crippen molar-refractivity contribution in [3.05, 3.63) is 28.7 Å². The summed E-state index contributed by atoms with van der Waals surface area (Å²) in [6.07, 6.45) is 0.921. The summed E-state index contributed by atoms with van der Waals surface area (Å²) in [5.41, 5.74) is 0.919. The van der Waals surface area contributed by atoms with E-state index in [9.17, 15) is 4.79 Å². The first-order valence-electron chi connectivity index (χ1n) is 6.27. The lowest BCUT2D eigenvalue weighted by Crippen LogP contribution is -2.37. The Kier molecular flexibility index (Phi) is 6.19. The Morgan fingerprint density at radius 1 is 1.44 bits per heavy atom. The molecule has 18 heavy (non-hydrogen) atoms. The summed E-state index contributed by atoms with van der Waals surface area (Å²) in [5, 5.41) is 3.25. The Labute approximate surface area is 117 Å². The maximum Gasteiger partial charge on any atom is 0.328 e. The van der Waals surface area contributed by atoms with Crippen LogP contribution in [0.3, 0.4) is 0 Å². The number of ether oxygens (including phenoxy) is 1. The summed E-state index contributed by atoms with van der Waals surface area (Å²) >= 11 is 3.42. The Morgan fingerprint density at radius 2 is 2.17 bits per heavy atom. The first-order valence-corrected chi connectivity index (χ1v) is 7.06. The Balaban J connectivity index is 2.81. The Bertz CT molecular complexity index is 395. The van der Waals surface area contributed by atoms with E-state index < -0.39 is 0 Å². The topological polar surface area (TPSA) is 38.3 Å². The van der Waals surface area contributed by atoms with Gasteiger partial charge in [0.05, 0.1) is 6.61 Å². The van der Waals surface area contributed by atoms with Crippen LogP contribution >= 0.6 is 15.9 Å². The Morgan fingerprint density at radius 3 is 2.72 bits per heavy atom. The molecule has 0 aliphatic carbocycles. The van der Waals surface area contributed by atoms with Gasteiger partial charge in [-0.25, -0.2) is 4.79 Å². The molecule has 0 spiro atoms. The second-order valence-corrected chi connectivity index (χ2v) is 5.19. The number of hydrogen-bond acceptors (Lipinski definition) is 3. The first-order chi connectivity index (χ1) is 8.58. The quantitative estimate of drug-likeness (QED) is 0.811. The number of halogens is 1. The van der Waals surface area contributed by atoms with Crippen molar-refractivity contribution in [1.82, 2.24) is 0 Å². The van der Waals surface area contributed by atoms with E-state index in [2.05, 4.69) is 28.2 Å². The van der Waals surface area contributed by atoms with Crippen LogP contribution in [-0.2, 0) is 9.53 Å². The largest absolute Gasteiger partial charge is 0.464 e. The van der Waals surface area contributed by atoms with Crippen molar-refractivity contribution in [3.63, 3.8) is 0 Å². The van der Waals surface area contributed by atoms with Gasteiger partial charge in [0, 0.05) is 10.2 Å². The van der Waals surface area contributed by atoms with Crippen LogP contribution in [0.15, 0.2) is 28.7 Å². The second-order valence-electron chi connectivity index (χ2n) is 4.27. The predicted molar refractivity (Wildman–Crippen MR) is 77.6 cm³/mol. The zero-order valence-corrected chi connectivity index (χ0v) is 12.7. The van der Waals surface area contributed by atoms with Crippen LogP contribution in [0.25, 0.3) is 0 Å². The van der Waals surface area contributed by atoms with Crippen LogP contribution in [0.2, 0.25) is 0 Å². The third-order valence-electron chi connectivity index (χ3n) is 2.90. The zero-order chi connectivity index (χ0) is 13.5. The number of anilines is 1. The molecule has 2 atom stereocenters. The first kappa shape index (κ1) is 15.0. The summed E-state index contributed by atoms with van der Waals surface area (Å²) in [7, 11) is 0. The molecule has 0 bridgehead atoms. The number of carbonyl (C=O) groups excluding carboxylic acids is 1. The van der Waals surface area contributed by atoms with Gasteiger partial charge in [0.25, 0.3) is 0 Å². The van der Waals surface area contributed by atoms with Crippen molar-refractivity contribution >= 4 is 27.6 Å². The fourth-order valence-electron chi connectivity index (χ4n) is 1.66. The average molecular weight is 314 g/mol. The Hall–Kier alpha value is -1.03. The molecule has 0 aliphatic rings. The lowest BCUT2D eigenvalue weighted by molar-refractivity contribution is -0.145. The molecule has 2 unspecified atom stereocenters. The van der Waals surface area contributed by atoms with Crippen molar-refractivity contribution in [3.8, 4) is 0 Å².